The van der Waals surface area contributed by atoms with Crippen LogP contribution in [0, 0.1) is 0 Å². The first-order valence-electron chi connectivity index (χ1n) is 11.6. The van der Waals surface area contributed by atoms with E-state index in [0.717, 1.165) is 54.1 Å². The Labute approximate surface area is 210 Å². The number of hydrogen-bond acceptors (Lipinski definition) is 8. The van der Waals surface area contributed by atoms with Crippen LogP contribution in [0.5, 0.6) is 0 Å². The second-order valence-electron chi connectivity index (χ2n) is 8.38. The number of ether oxygens (including phenoxy) is 2. The quantitative estimate of drug-likeness (QED) is 0.406. The molecule has 1 saturated heterocycles. The number of fused-ring (bicyclic) bond motifs is 1. The second kappa shape index (κ2) is 11.2. The number of morpholine rings is 1. The third-order valence-electron chi connectivity index (χ3n) is 5.76. The highest BCUT2D eigenvalue weighted by atomic mass is 16.5. The van der Waals surface area contributed by atoms with Crippen LogP contribution in [-0.2, 0) is 16.0 Å². The lowest BCUT2D eigenvalue weighted by Crippen LogP contribution is -2.40. The molecule has 0 spiro atoms. The minimum absolute atomic E-state index is 0. The van der Waals surface area contributed by atoms with Gasteiger partial charge in [0.05, 0.1) is 30.5 Å². The topological polar surface area (TPSA) is 118 Å². The Balaban J connectivity index is 0.00000304. The molecule has 1 aliphatic heterocycles. The Morgan fingerprint density at radius 2 is 2.06 bits per heavy atom. The average molecular weight is 490 g/mol. The van der Waals surface area contributed by atoms with Gasteiger partial charge in [0.25, 0.3) is 0 Å². The number of H-pyrrole nitrogens is 1. The molecule has 188 valence electrons. The summed E-state index contributed by atoms with van der Waals surface area (Å²) in [5, 5.41) is 2.62. The summed E-state index contributed by atoms with van der Waals surface area (Å²) in [7, 11) is 0. The van der Waals surface area contributed by atoms with Gasteiger partial charge in [-0.05, 0) is 43.7 Å². The molecular formula is C26H31N7O3. The number of benzene rings is 1. The number of aromatic amines is 1. The monoisotopic (exact) mass is 489 g/mol. The molecule has 0 bridgehead atoms. The van der Waals surface area contributed by atoms with E-state index in [1.165, 1.54) is 0 Å². The lowest BCUT2D eigenvalue weighted by molar-refractivity contribution is -0.0215. The van der Waals surface area contributed by atoms with Crippen molar-refractivity contribution >= 4 is 23.1 Å². The number of hydrogen-bond donors (Lipinski definition) is 2. The van der Waals surface area contributed by atoms with E-state index in [1.807, 2.05) is 18.3 Å². The average Bonchev–Trinajstić information content (AvgIpc) is 3.27. The number of aromatic nitrogens is 5. The fraction of sp³-hybridized carbons (Fsp3) is 0.346. The molecule has 0 aliphatic carbocycles. The number of anilines is 1. The van der Waals surface area contributed by atoms with Crippen LogP contribution in [0.2, 0.25) is 0 Å². The molecule has 36 heavy (non-hydrogen) atoms. The fourth-order valence-corrected chi connectivity index (χ4v) is 4.17. The summed E-state index contributed by atoms with van der Waals surface area (Å²) < 4.78 is 10.6. The van der Waals surface area contributed by atoms with Crippen molar-refractivity contribution in [3.05, 3.63) is 54.6 Å². The molecule has 2 N–H and O–H groups in total. The molecule has 3 aromatic heterocycles. The van der Waals surface area contributed by atoms with Crippen molar-refractivity contribution in [2.75, 3.05) is 31.6 Å². The van der Waals surface area contributed by atoms with E-state index in [9.17, 15) is 4.79 Å². The lowest BCUT2D eigenvalue weighted by atomic mass is 10.0. The van der Waals surface area contributed by atoms with Gasteiger partial charge in [-0.15, -0.1) is 0 Å². The molecule has 4 aromatic rings. The minimum atomic E-state index is -0.571. The van der Waals surface area contributed by atoms with Crippen LogP contribution in [0.4, 0.5) is 10.7 Å². The maximum atomic E-state index is 11.9. The molecular weight excluding hydrogens is 458 g/mol. The Bertz CT molecular complexity index is 1310. The van der Waals surface area contributed by atoms with Crippen molar-refractivity contribution in [2.24, 2.45) is 0 Å². The molecule has 1 fully saturated rings. The van der Waals surface area contributed by atoms with Gasteiger partial charge in [0.2, 0.25) is 5.95 Å². The van der Waals surface area contributed by atoms with Crippen molar-refractivity contribution in [3.63, 3.8) is 0 Å². The first-order valence-corrected chi connectivity index (χ1v) is 11.6. The first-order chi connectivity index (χ1) is 17.1. The van der Waals surface area contributed by atoms with Crippen LogP contribution >= 0.6 is 0 Å². The van der Waals surface area contributed by atoms with E-state index in [1.54, 1.807) is 25.4 Å². The predicted octanol–water partition coefficient (Wildman–Crippen LogP) is 4.51. The Kier molecular flexibility index (Phi) is 7.87. The molecule has 10 heteroatoms. The van der Waals surface area contributed by atoms with Crippen molar-refractivity contribution < 1.29 is 14.3 Å². The number of carbonyl (C=O) groups is 1. The summed E-state index contributed by atoms with van der Waals surface area (Å²) in [5.74, 6) is 0.834. The number of carbonyl (C=O) groups excluding carboxylic acids is 1. The molecule has 5 rings (SSSR count). The van der Waals surface area contributed by atoms with Gasteiger partial charge >= 0.3 is 6.09 Å². The smallest absolute Gasteiger partial charge is 0.413 e. The van der Waals surface area contributed by atoms with E-state index in [0.29, 0.717) is 17.3 Å². The molecule has 1 atom stereocenters. The number of pyridine rings is 1. The standard InChI is InChI=1S/C25H27N7O3.CH4/c1-3-34-25(33)31-24-29-21-12-18(11-20(22(21)30-24)23-26-7-4-8-27-23)17-5-6-19(28-13-17)15-32-9-10-35-16(2)14-32;/h4-8,11-13,16H,3,9-10,14-15H2,1-2H3,(H2,29,30,31,33);1H4. The van der Waals surface area contributed by atoms with Gasteiger partial charge in [-0.25, -0.2) is 19.7 Å². The zero-order valence-corrected chi connectivity index (χ0v) is 19.7. The van der Waals surface area contributed by atoms with Gasteiger partial charge in [0.1, 0.15) is 5.52 Å². The van der Waals surface area contributed by atoms with E-state index in [2.05, 4.69) is 49.2 Å². The summed E-state index contributed by atoms with van der Waals surface area (Å²) >= 11 is 0. The molecule has 1 unspecified atom stereocenters. The molecule has 4 heterocycles. The number of nitrogens with one attached hydrogen (secondary N) is 2. The Morgan fingerprint density at radius 3 is 2.78 bits per heavy atom. The molecule has 1 aliphatic rings. The third-order valence-corrected chi connectivity index (χ3v) is 5.76. The predicted molar refractivity (Wildman–Crippen MR) is 138 cm³/mol. The number of rotatable bonds is 6. The van der Waals surface area contributed by atoms with Crippen molar-refractivity contribution in [1.82, 2.24) is 29.8 Å². The molecule has 1 aromatic carbocycles. The minimum Gasteiger partial charge on any atom is -0.450 e. The highest BCUT2D eigenvalue weighted by Crippen LogP contribution is 2.32. The van der Waals surface area contributed by atoms with Gasteiger partial charge in [-0.3, -0.25) is 15.2 Å². The highest BCUT2D eigenvalue weighted by molar-refractivity contribution is 5.96. The maximum absolute atomic E-state index is 11.9. The molecule has 10 nitrogen and oxygen atoms in total. The highest BCUT2D eigenvalue weighted by Gasteiger charge is 2.18. The number of imidazole rings is 1. The molecule has 1 amide bonds. The first kappa shape index (κ1) is 25.2. The van der Waals surface area contributed by atoms with Gasteiger partial charge < -0.3 is 14.5 Å². The van der Waals surface area contributed by atoms with E-state index >= 15 is 0 Å². The summed E-state index contributed by atoms with van der Waals surface area (Å²) in [4.78, 5) is 35.5. The summed E-state index contributed by atoms with van der Waals surface area (Å²) in [6, 6.07) is 9.86. The zero-order chi connectivity index (χ0) is 24.2. The normalized spacial score (nSPS) is 15.9. The van der Waals surface area contributed by atoms with Crippen LogP contribution in [0.15, 0.2) is 48.9 Å². The van der Waals surface area contributed by atoms with Crippen LogP contribution in [0.25, 0.3) is 33.5 Å². The van der Waals surface area contributed by atoms with Gasteiger partial charge in [0.15, 0.2) is 5.82 Å². The van der Waals surface area contributed by atoms with Crippen LogP contribution in [0.3, 0.4) is 0 Å². The molecule has 0 saturated carbocycles. The van der Waals surface area contributed by atoms with Crippen molar-refractivity contribution in [2.45, 2.75) is 33.9 Å². The van der Waals surface area contributed by atoms with Crippen LogP contribution in [0.1, 0.15) is 27.0 Å². The molecule has 0 radical (unpaired) electrons. The summed E-state index contributed by atoms with van der Waals surface area (Å²) in [5.41, 5.74) is 5.04. The fourth-order valence-electron chi connectivity index (χ4n) is 4.17. The zero-order valence-electron chi connectivity index (χ0n) is 19.7. The van der Waals surface area contributed by atoms with Crippen LogP contribution < -0.4 is 5.32 Å². The van der Waals surface area contributed by atoms with E-state index in [-0.39, 0.29) is 20.1 Å². The third kappa shape index (κ3) is 5.67. The van der Waals surface area contributed by atoms with E-state index in [4.69, 9.17) is 14.5 Å². The van der Waals surface area contributed by atoms with E-state index < -0.39 is 6.09 Å². The maximum Gasteiger partial charge on any atom is 0.413 e. The summed E-state index contributed by atoms with van der Waals surface area (Å²) in [6.07, 6.45) is 4.93. The lowest BCUT2D eigenvalue weighted by Gasteiger charge is -2.30. The van der Waals surface area contributed by atoms with Gasteiger partial charge in [-0.1, -0.05) is 13.5 Å². The summed E-state index contributed by atoms with van der Waals surface area (Å²) in [6.45, 7) is 7.47. The Hall–Kier alpha value is -3.89. The Morgan fingerprint density at radius 1 is 1.22 bits per heavy atom. The van der Waals surface area contributed by atoms with Crippen molar-refractivity contribution in [1.29, 1.82) is 0 Å². The van der Waals surface area contributed by atoms with Gasteiger partial charge in [0, 0.05) is 49.4 Å². The van der Waals surface area contributed by atoms with Gasteiger partial charge in [-0.2, -0.15) is 0 Å². The van der Waals surface area contributed by atoms with Crippen LogP contribution in [-0.4, -0.2) is 68.3 Å². The second-order valence-corrected chi connectivity index (χ2v) is 8.38. The largest absolute Gasteiger partial charge is 0.450 e. The SMILES string of the molecule is C.CCOC(=O)Nc1nc2c(-c3ncccn3)cc(-c3ccc(CN4CCOC(C)C4)nc3)cc2[nH]1. The number of amides is 1. The van der Waals surface area contributed by atoms with Crippen molar-refractivity contribution in [3.8, 4) is 22.5 Å². The number of nitrogens with zero attached hydrogens (tertiary/aromatic N) is 5.